The summed E-state index contributed by atoms with van der Waals surface area (Å²) in [6, 6.07) is 10.1. The van der Waals surface area contributed by atoms with E-state index in [9.17, 15) is 9.59 Å². The van der Waals surface area contributed by atoms with Crippen LogP contribution in [0.2, 0.25) is 0 Å². The van der Waals surface area contributed by atoms with Crippen LogP contribution in [0.1, 0.15) is 32.2 Å². The van der Waals surface area contributed by atoms with Crippen LogP contribution in [-0.2, 0) is 6.42 Å². The lowest BCUT2D eigenvalue weighted by Gasteiger charge is -2.06. The van der Waals surface area contributed by atoms with Crippen molar-refractivity contribution in [3.8, 4) is 0 Å². The maximum Gasteiger partial charge on any atom is 0.335 e. The standard InChI is InChI=1S/C15H15NO4/c1-10-6-7-13(20-10)14(17)16-9-8-11-4-2-3-5-12(11)15(18)19/h2-7H,8-9H2,1H3,(H,16,17)(H,18,19). The van der Waals surface area contributed by atoms with E-state index in [-0.39, 0.29) is 17.2 Å². The summed E-state index contributed by atoms with van der Waals surface area (Å²) >= 11 is 0. The topological polar surface area (TPSA) is 79.5 Å². The van der Waals surface area contributed by atoms with Gasteiger partial charge in [-0.25, -0.2) is 4.79 Å². The summed E-state index contributed by atoms with van der Waals surface area (Å²) in [4.78, 5) is 22.8. The Morgan fingerprint density at radius 2 is 1.95 bits per heavy atom. The van der Waals surface area contributed by atoms with Crippen molar-refractivity contribution in [3.05, 3.63) is 59.0 Å². The number of carboxylic acid groups (broad SMARTS) is 1. The molecule has 2 aromatic rings. The SMILES string of the molecule is Cc1ccc(C(=O)NCCc2ccccc2C(=O)O)o1. The quantitative estimate of drug-likeness (QED) is 0.875. The first-order chi connectivity index (χ1) is 9.58. The maximum atomic E-state index is 11.7. The fourth-order valence-electron chi connectivity index (χ4n) is 1.90. The number of rotatable bonds is 5. The van der Waals surface area contributed by atoms with Gasteiger partial charge in [-0.2, -0.15) is 0 Å². The van der Waals surface area contributed by atoms with Gasteiger partial charge in [-0.15, -0.1) is 0 Å². The lowest BCUT2D eigenvalue weighted by atomic mass is 10.0. The van der Waals surface area contributed by atoms with E-state index in [2.05, 4.69) is 5.32 Å². The Bertz CT molecular complexity index is 630. The lowest BCUT2D eigenvalue weighted by Crippen LogP contribution is -2.25. The minimum Gasteiger partial charge on any atom is -0.478 e. The number of amides is 1. The Kier molecular flexibility index (Phi) is 4.20. The van der Waals surface area contributed by atoms with Gasteiger partial charge in [0.05, 0.1) is 5.56 Å². The molecule has 0 aliphatic heterocycles. The largest absolute Gasteiger partial charge is 0.478 e. The Morgan fingerprint density at radius 1 is 1.20 bits per heavy atom. The molecule has 0 radical (unpaired) electrons. The van der Waals surface area contributed by atoms with Crippen molar-refractivity contribution in [2.45, 2.75) is 13.3 Å². The first-order valence-corrected chi connectivity index (χ1v) is 6.24. The van der Waals surface area contributed by atoms with Crippen molar-refractivity contribution < 1.29 is 19.1 Å². The van der Waals surface area contributed by atoms with E-state index >= 15 is 0 Å². The number of hydrogen-bond donors (Lipinski definition) is 2. The van der Waals surface area contributed by atoms with Crippen LogP contribution in [0, 0.1) is 6.92 Å². The summed E-state index contributed by atoms with van der Waals surface area (Å²) in [5.41, 5.74) is 0.950. The fourth-order valence-corrected chi connectivity index (χ4v) is 1.90. The molecular formula is C15H15NO4. The van der Waals surface area contributed by atoms with Gasteiger partial charge < -0.3 is 14.8 Å². The molecule has 1 aromatic heterocycles. The van der Waals surface area contributed by atoms with Crippen molar-refractivity contribution >= 4 is 11.9 Å². The second-order valence-electron chi connectivity index (χ2n) is 4.38. The average Bonchev–Trinajstić information content (AvgIpc) is 2.86. The van der Waals surface area contributed by atoms with Crippen molar-refractivity contribution in [1.29, 1.82) is 0 Å². The number of carbonyl (C=O) groups excluding carboxylic acids is 1. The summed E-state index contributed by atoms with van der Waals surface area (Å²) < 4.78 is 5.20. The van der Waals surface area contributed by atoms with E-state index in [1.807, 2.05) is 0 Å². The summed E-state index contributed by atoms with van der Waals surface area (Å²) in [5, 5.41) is 11.8. The van der Waals surface area contributed by atoms with Gasteiger partial charge in [-0.3, -0.25) is 4.79 Å². The molecule has 1 amide bonds. The van der Waals surface area contributed by atoms with Crippen molar-refractivity contribution in [2.24, 2.45) is 0 Å². The molecule has 0 aliphatic rings. The number of nitrogens with one attached hydrogen (secondary N) is 1. The van der Waals surface area contributed by atoms with E-state index in [0.717, 1.165) is 0 Å². The molecule has 0 saturated heterocycles. The summed E-state index contributed by atoms with van der Waals surface area (Å²) in [6.45, 7) is 2.11. The number of benzene rings is 1. The zero-order chi connectivity index (χ0) is 14.5. The highest BCUT2D eigenvalue weighted by Gasteiger charge is 2.11. The van der Waals surface area contributed by atoms with E-state index in [1.54, 1.807) is 43.3 Å². The van der Waals surface area contributed by atoms with Crippen LogP contribution < -0.4 is 5.32 Å². The van der Waals surface area contributed by atoms with E-state index in [4.69, 9.17) is 9.52 Å². The molecule has 5 nitrogen and oxygen atoms in total. The van der Waals surface area contributed by atoms with E-state index in [1.165, 1.54) is 0 Å². The minimum absolute atomic E-state index is 0.258. The number of aromatic carboxylic acids is 1. The number of hydrogen-bond acceptors (Lipinski definition) is 3. The zero-order valence-corrected chi connectivity index (χ0v) is 11.1. The number of aryl methyl sites for hydroxylation is 1. The minimum atomic E-state index is -0.964. The number of carbonyl (C=O) groups is 2. The van der Waals surface area contributed by atoms with Crippen LogP contribution in [0.25, 0.3) is 0 Å². The fraction of sp³-hybridized carbons (Fsp3) is 0.200. The second kappa shape index (κ2) is 6.06. The Labute approximate surface area is 116 Å². The Hall–Kier alpha value is -2.56. The van der Waals surface area contributed by atoms with Gasteiger partial charge in [-0.05, 0) is 37.1 Å². The third-order valence-electron chi connectivity index (χ3n) is 2.89. The van der Waals surface area contributed by atoms with Gasteiger partial charge in [0.25, 0.3) is 5.91 Å². The Morgan fingerprint density at radius 3 is 2.60 bits per heavy atom. The highest BCUT2D eigenvalue weighted by molar-refractivity contribution is 5.91. The molecule has 2 N–H and O–H groups in total. The van der Waals surface area contributed by atoms with Crippen molar-refractivity contribution in [1.82, 2.24) is 5.32 Å². The van der Waals surface area contributed by atoms with Crippen molar-refractivity contribution in [2.75, 3.05) is 6.54 Å². The average molecular weight is 273 g/mol. The second-order valence-corrected chi connectivity index (χ2v) is 4.38. The van der Waals surface area contributed by atoms with E-state index in [0.29, 0.717) is 24.3 Å². The number of carboxylic acids is 1. The highest BCUT2D eigenvalue weighted by atomic mass is 16.4. The first kappa shape index (κ1) is 13.9. The molecule has 104 valence electrons. The molecule has 1 heterocycles. The molecule has 0 unspecified atom stereocenters. The molecule has 0 saturated carbocycles. The molecule has 0 spiro atoms. The van der Waals surface area contributed by atoms with Gasteiger partial charge in [0.15, 0.2) is 5.76 Å². The van der Waals surface area contributed by atoms with Crippen LogP contribution in [0.4, 0.5) is 0 Å². The van der Waals surface area contributed by atoms with Crippen LogP contribution in [0.3, 0.4) is 0 Å². The molecule has 0 bridgehead atoms. The molecule has 0 aliphatic carbocycles. The summed E-state index contributed by atoms with van der Waals surface area (Å²) in [7, 11) is 0. The molecule has 5 heteroatoms. The van der Waals surface area contributed by atoms with E-state index < -0.39 is 5.97 Å². The third-order valence-corrected chi connectivity index (χ3v) is 2.89. The van der Waals surface area contributed by atoms with Gasteiger partial charge in [0, 0.05) is 6.54 Å². The van der Waals surface area contributed by atoms with Gasteiger partial charge in [0.2, 0.25) is 0 Å². The molecule has 0 atom stereocenters. The summed E-state index contributed by atoms with van der Waals surface area (Å²) in [5.74, 6) is -0.333. The van der Waals surface area contributed by atoms with Crippen LogP contribution in [0.15, 0.2) is 40.8 Å². The van der Waals surface area contributed by atoms with Gasteiger partial charge in [0.1, 0.15) is 5.76 Å². The predicted octanol–water partition coefficient (Wildman–Crippen LogP) is 2.26. The monoisotopic (exact) mass is 273 g/mol. The van der Waals surface area contributed by atoms with Crippen molar-refractivity contribution in [3.63, 3.8) is 0 Å². The molecule has 2 rings (SSSR count). The van der Waals surface area contributed by atoms with Crippen LogP contribution in [-0.4, -0.2) is 23.5 Å². The third kappa shape index (κ3) is 3.26. The molecular weight excluding hydrogens is 258 g/mol. The predicted molar refractivity (Wildman–Crippen MR) is 72.9 cm³/mol. The van der Waals surface area contributed by atoms with Crippen LogP contribution in [0.5, 0.6) is 0 Å². The lowest BCUT2D eigenvalue weighted by molar-refractivity contribution is 0.0695. The Balaban J connectivity index is 1.93. The smallest absolute Gasteiger partial charge is 0.335 e. The van der Waals surface area contributed by atoms with Gasteiger partial charge >= 0.3 is 5.97 Å². The molecule has 1 aromatic carbocycles. The zero-order valence-electron chi connectivity index (χ0n) is 11.1. The first-order valence-electron chi connectivity index (χ1n) is 6.24. The molecule has 20 heavy (non-hydrogen) atoms. The molecule has 0 fully saturated rings. The summed E-state index contributed by atoms with van der Waals surface area (Å²) in [6.07, 6.45) is 0.452. The van der Waals surface area contributed by atoms with Gasteiger partial charge in [-0.1, -0.05) is 18.2 Å². The maximum absolute atomic E-state index is 11.7. The highest BCUT2D eigenvalue weighted by Crippen LogP contribution is 2.09. The number of furan rings is 1. The normalized spacial score (nSPS) is 10.2. The van der Waals surface area contributed by atoms with Crippen LogP contribution >= 0.6 is 0 Å².